The molecule has 0 aliphatic rings. The maximum atomic E-state index is 4.25. The first kappa shape index (κ1) is 17.0. The lowest BCUT2D eigenvalue weighted by Gasteiger charge is -2.30. The van der Waals surface area contributed by atoms with Gasteiger partial charge in [-0.1, -0.05) is 30.3 Å². The largest absolute Gasteiger partial charge is 0.264 e. The van der Waals surface area contributed by atoms with E-state index >= 15 is 0 Å². The predicted octanol–water partition coefficient (Wildman–Crippen LogP) is 3.47. The summed E-state index contributed by atoms with van der Waals surface area (Å²) in [4.78, 5) is 4.25. The first-order chi connectivity index (χ1) is 10.7. The van der Waals surface area contributed by atoms with Gasteiger partial charge in [0.15, 0.2) is 0 Å². The third kappa shape index (κ3) is 4.83. The standard InChI is InChI=1S/C18H25N3S/c1-15-7-4-5-9-17(15)18(21(2)20-11-12-22-3)13-16-8-6-10-19-14-16/h4-10,14,18,20H,11-13H2,1-3H3. The highest BCUT2D eigenvalue weighted by Crippen LogP contribution is 2.25. The van der Waals surface area contributed by atoms with Gasteiger partial charge in [0.1, 0.15) is 0 Å². The summed E-state index contributed by atoms with van der Waals surface area (Å²) in [6, 6.07) is 13.1. The molecule has 22 heavy (non-hydrogen) atoms. The SMILES string of the molecule is CSCCNN(C)C(Cc1cccnc1)c1ccccc1C. The van der Waals surface area contributed by atoms with Crippen molar-refractivity contribution in [2.75, 3.05) is 25.6 Å². The lowest BCUT2D eigenvalue weighted by atomic mass is 9.96. The lowest BCUT2D eigenvalue weighted by molar-refractivity contribution is 0.167. The molecule has 0 bridgehead atoms. The Hall–Kier alpha value is -1.36. The van der Waals surface area contributed by atoms with Crippen LogP contribution in [0.5, 0.6) is 0 Å². The van der Waals surface area contributed by atoms with Crippen LogP contribution in [-0.4, -0.2) is 35.6 Å². The number of hydrazine groups is 1. The number of nitrogens with zero attached hydrogens (tertiary/aromatic N) is 2. The van der Waals surface area contributed by atoms with Gasteiger partial charge in [0.05, 0.1) is 6.04 Å². The molecule has 0 fully saturated rings. The molecule has 0 spiro atoms. The van der Waals surface area contributed by atoms with Crippen molar-refractivity contribution in [1.82, 2.24) is 15.4 Å². The molecule has 1 unspecified atom stereocenters. The van der Waals surface area contributed by atoms with Gasteiger partial charge in [0, 0.05) is 31.7 Å². The van der Waals surface area contributed by atoms with E-state index in [1.54, 1.807) is 0 Å². The molecule has 0 aliphatic carbocycles. The molecule has 0 amide bonds. The Bertz CT molecular complexity index is 559. The van der Waals surface area contributed by atoms with Gasteiger partial charge in [-0.25, -0.2) is 5.01 Å². The maximum Gasteiger partial charge on any atom is 0.0533 e. The van der Waals surface area contributed by atoms with Crippen molar-refractivity contribution in [3.63, 3.8) is 0 Å². The van der Waals surface area contributed by atoms with Gasteiger partial charge in [-0.05, 0) is 42.4 Å². The average Bonchev–Trinajstić information content (AvgIpc) is 2.54. The van der Waals surface area contributed by atoms with E-state index in [1.807, 2.05) is 30.2 Å². The molecule has 0 aliphatic heterocycles. The van der Waals surface area contributed by atoms with Gasteiger partial charge in [0.2, 0.25) is 0 Å². The van der Waals surface area contributed by atoms with Crippen molar-refractivity contribution in [1.29, 1.82) is 0 Å². The van der Waals surface area contributed by atoms with E-state index in [0.717, 1.165) is 18.7 Å². The Balaban J connectivity index is 2.18. The molecular weight excluding hydrogens is 290 g/mol. The molecule has 0 saturated carbocycles. The molecule has 1 aromatic heterocycles. The summed E-state index contributed by atoms with van der Waals surface area (Å²) >= 11 is 1.86. The van der Waals surface area contributed by atoms with Gasteiger partial charge >= 0.3 is 0 Å². The van der Waals surface area contributed by atoms with E-state index in [0.29, 0.717) is 6.04 Å². The van der Waals surface area contributed by atoms with Gasteiger partial charge < -0.3 is 0 Å². The summed E-state index contributed by atoms with van der Waals surface area (Å²) in [5.74, 6) is 1.11. The van der Waals surface area contributed by atoms with E-state index in [-0.39, 0.29) is 0 Å². The number of hydrogen-bond donors (Lipinski definition) is 1. The highest BCUT2D eigenvalue weighted by molar-refractivity contribution is 7.98. The van der Waals surface area contributed by atoms with Crippen LogP contribution in [0.15, 0.2) is 48.8 Å². The molecule has 1 aromatic carbocycles. The predicted molar refractivity (Wildman–Crippen MR) is 96.0 cm³/mol. The van der Waals surface area contributed by atoms with E-state index < -0.39 is 0 Å². The van der Waals surface area contributed by atoms with Crippen LogP contribution < -0.4 is 5.43 Å². The van der Waals surface area contributed by atoms with E-state index in [2.05, 4.69) is 66.0 Å². The normalized spacial score (nSPS) is 12.5. The second-order valence-corrected chi connectivity index (χ2v) is 6.44. The van der Waals surface area contributed by atoms with E-state index in [9.17, 15) is 0 Å². The lowest BCUT2D eigenvalue weighted by Crippen LogP contribution is -2.40. The van der Waals surface area contributed by atoms with E-state index in [1.165, 1.54) is 16.7 Å². The number of hydrogen-bond acceptors (Lipinski definition) is 4. The molecule has 0 saturated heterocycles. The van der Waals surface area contributed by atoms with Crippen LogP contribution in [0.4, 0.5) is 0 Å². The molecule has 118 valence electrons. The Morgan fingerprint density at radius 1 is 1.23 bits per heavy atom. The minimum absolute atomic E-state index is 0.298. The Morgan fingerprint density at radius 2 is 2.05 bits per heavy atom. The van der Waals surface area contributed by atoms with Crippen molar-refractivity contribution < 1.29 is 0 Å². The van der Waals surface area contributed by atoms with Gasteiger partial charge in [0.25, 0.3) is 0 Å². The summed E-state index contributed by atoms with van der Waals surface area (Å²) in [6.45, 7) is 3.16. The number of nitrogens with one attached hydrogen (secondary N) is 1. The third-order valence-corrected chi connectivity index (χ3v) is 4.45. The molecule has 2 aromatic rings. The monoisotopic (exact) mass is 315 g/mol. The molecular formula is C18H25N3S. The zero-order valence-electron chi connectivity index (χ0n) is 13.6. The van der Waals surface area contributed by atoms with Crippen LogP contribution in [0.3, 0.4) is 0 Å². The van der Waals surface area contributed by atoms with Crippen LogP contribution >= 0.6 is 11.8 Å². The topological polar surface area (TPSA) is 28.2 Å². The molecule has 2 rings (SSSR count). The summed E-state index contributed by atoms with van der Waals surface area (Å²) in [5.41, 5.74) is 7.48. The van der Waals surface area contributed by atoms with Gasteiger partial charge in [-0.3, -0.25) is 10.4 Å². The Morgan fingerprint density at radius 3 is 2.73 bits per heavy atom. The summed E-state index contributed by atoms with van der Waals surface area (Å²) in [7, 11) is 2.13. The fourth-order valence-corrected chi connectivity index (χ4v) is 2.89. The highest BCUT2D eigenvalue weighted by atomic mass is 32.2. The zero-order chi connectivity index (χ0) is 15.8. The van der Waals surface area contributed by atoms with Crippen LogP contribution in [0.2, 0.25) is 0 Å². The summed E-state index contributed by atoms with van der Waals surface area (Å²) in [5, 5.41) is 2.24. The van der Waals surface area contributed by atoms with Gasteiger partial charge in [-0.2, -0.15) is 11.8 Å². The second-order valence-electron chi connectivity index (χ2n) is 5.45. The molecule has 0 radical (unpaired) electrons. The fraction of sp³-hybridized carbons (Fsp3) is 0.389. The number of benzene rings is 1. The smallest absolute Gasteiger partial charge is 0.0533 e. The van der Waals surface area contributed by atoms with Crippen LogP contribution in [0, 0.1) is 6.92 Å². The summed E-state index contributed by atoms with van der Waals surface area (Å²) < 4.78 is 0. The average molecular weight is 315 g/mol. The number of aromatic nitrogens is 1. The minimum Gasteiger partial charge on any atom is -0.264 e. The third-order valence-electron chi connectivity index (χ3n) is 3.83. The quantitative estimate of drug-likeness (QED) is 0.596. The number of likely N-dealkylation sites (N-methyl/N-ethyl adjacent to an activating group) is 1. The number of thioether (sulfide) groups is 1. The van der Waals surface area contributed by atoms with Crippen molar-refractivity contribution in [3.05, 3.63) is 65.5 Å². The highest BCUT2D eigenvalue weighted by Gasteiger charge is 2.19. The fourth-order valence-electron chi connectivity index (χ4n) is 2.59. The Labute approximate surface area is 138 Å². The zero-order valence-corrected chi connectivity index (χ0v) is 14.4. The minimum atomic E-state index is 0.298. The van der Waals surface area contributed by atoms with E-state index in [4.69, 9.17) is 0 Å². The van der Waals surface area contributed by atoms with Crippen molar-refractivity contribution in [2.45, 2.75) is 19.4 Å². The number of pyridine rings is 1. The van der Waals surface area contributed by atoms with Crippen LogP contribution in [0.1, 0.15) is 22.7 Å². The second kappa shape index (κ2) is 8.93. The number of aryl methyl sites for hydroxylation is 1. The van der Waals surface area contributed by atoms with Gasteiger partial charge in [-0.15, -0.1) is 0 Å². The van der Waals surface area contributed by atoms with Crippen molar-refractivity contribution in [2.24, 2.45) is 0 Å². The molecule has 1 N–H and O–H groups in total. The summed E-state index contributed by atoms with van der Waals surface area (Å²) in [6.07, 6.45) is 6.87. The first-order valence-corrected chi connectivity index (χ1v) is 9.01. The maximum absolute atomic E-state index is 4.25. The van der Waals surface area contributed by atoms with Crippen molar-refractivity contribution in [3.8, 4) is 0 Å². The molecule has 4 heteroatoms. The molecule has 1 atom stereocenters. The Kier molecular flexibility index (Phi) is 6.90. The molecule has 1 heterocycles. The number of rotatable bonds is 8. The first-order valence-electron chi connectivity index (χ1n) is 7.62. The van der Waals surface area contributed by atoms with Crippen LogP contribution in [0.25, 0.3) is 0 Å². The van der Waals surface area contributed by atoms with Crippen LogP contribution in [-0.2, 0) is 6.42 Å². The van der Waals surface area contributed by atoms with Crippen molar-refractivity contribution >= 4 is 11.8 Å². The molecule has 3 nitrogen and oxygen atoms in total.